The average molecular weight is 722 g/mol. The number of Topliss-reactive ketones (excluding diaryl/α,β-unsaturated/α-hetero) is 1. The van der Waals surface area contributed by atoms with E-state index in [1.165, 1.54) is 34.8 Å². The van der Waals surface area contributed by atoms with Gasteiger partial charge in [-0.05, 0) is 84.6 Å². The number of ketones is 1. The van der Waals surface area contributed by atoms with E-state index in [-0.39, 0.29) is 28.1 Å². The number of fused-ring (bicyclic) bond motifs is 2. The lowest BCUT2D eigenvalue weighted by molar-refractivity contribution is -0.437. The highest BCUT2D eigenvalue weighted by atomic mass is 32.2. The number of sulfone groups is 2. The highest BCUT2D eigenvalue weighted by molar-refractivity contribution is 7.90. The van der Waals surface area contributed by atoms with E-state index in [4.69, 9.17) is 0 Å². The first kappa shape index (κ1) is 39.5. The lowest BCUT2D eigenvalue weighted by atomic mass is 9.76. The van der Waals surface area contributed by atoms with E-state index in [2.05, 4.69) is 111 Å². The third-order valence-electron chi connectivity index (χ3n) is 10.2. The molecule has 0 fully saturated rings. The van der Waals surface area contributed by atoms with Gasteiger partial charge in [0.05, 0.1) is 16.9 Å². The molecule has 0 saturated carbocycles. The van der Waals surface area contributed by atoms with E-state index in [1.807, 2.05) is 0 Å². The predicted molar refractivity (Wildman–Crippen MR) is 209 cm³/mol. The fraction of sp³-hybridized carbons (Fsp3) is 0.512. The fourth-order valence-electron chi connectivity index (χ4n) is 7.56. The van der Waals surface area contributed by atoms with Crippen LogP contribution in [0.1, 0.15) is 94.9 Å². The Hall–Kier alpha value is -3.30. The molecule has 0 spiro atoms. The standard InChI is InChI=1S/C41H57N2O5S2/c1-31-20-22-36-34(29-31)40(4,5)38(42(36)25-15-27-49(7,45)46)18-12-9-13-19-39-41(6,24-14-10-11-17-33(3)44)35-30-32(2)21-23-37(35)43(39)26-16-28-50(8,47)48/h9,12-13,18-23,29-30H,10-11,14-17,24-28H2,1-8H3/q+1. The number of carbonyl (C=O) groups excluding carboxylic acids is 1. The van der Waals surface area contributed by atoms with E-state index in [0.717, 1.165) is 48.5 Å². The van der Waals surface area contributed by atoms with Crippen LogP contribution in [0.15, 0.2) is 72.5 Å². The molecule has 1 atom stereocenters. The minimum Gasteiger partial charge on any atom is -0.344 e. The van der Waals surface area contributed by atoms with Crippen LogP contribution in [0, 0.1) is 13.8 Å². The summed E-state index contributed by atoms with van der Waals surface area (Å²) < 4.78 is 50.3. The van der Waals surface area contributed by atoms with Gasteiger partial charge in [-0.3, -0.25) is 0 Å². The van der Waals surface area contributed by atoms with Gasteiger partial charge in [0, 0.05) is 66.4 Å². The number of benzene rings is 2. The van der Waals surface area contributed by atoms with E-state index >= 15 is 0 Å². The van der Waals surface area contributed by atoms with Crippen molar-refractivity contribution >= 4 is 42.5 Å². The van der Waals surface area contributed by atoms with Crippen molar-refractivity contribution in [2.45, 2.75) is 97.3 Å². The molecule has 2 aliphatic heterocycles. The Kier molecular flexibility index (Phi) is 12.6. The average Bonchev–Trinajstić information content (AvgIpc) is 3.34. The van der Waals surface area contributed by atoms with Gasteiger partial charge in [0.1, 0.15) is 32.0 Å². The Morgan fingerprint density at radius 1 is 0.800 bits per heavy atom. The zero-order valence-corrected chi connectivity index (χ0v) is 33.0. The van der Waals surface area contributed by atoms with Crippen molar-refractivity contribution in [3.05, 3.63) is 94.7 Å². The molecule has 2 aliphatic rings. The summed E-state index contributed by atoms with van der Waals surface area (Å²) in [6.07, 6.45) is 18.6. The lowest BCUT2D eigenvalue weighted by Gasteiger charge is -2.30. The Labute approximate surface area is 301 Å². The van der Waals surface area contributed by atoms with Gasteiger partial charge < -0.3 is 9.69 Å². The minimum absolute atomic E-state index is 0.134. The van der Waals surface area contributed by atoms with Gasteiger partial charge in [0.25, 0.3) is 0 Å². The normalized spacial score (nSPS) is 19.7. The molecule has 0 aromatic heterocycles. The molecule has 50 heavy (non-hydrogen) atoms. The zero-order valence-electron chi connectivity index (χ0n) is 31.4. The van der Waals surface area contributed by atoms with Crippen LogP contribution in [0.3, 0.4) is 0 Å². The molecular formula is C41H57N2O5S2+. The number of rotatable bonds is 17. The largest absolute Gasteiger partial charge is 0.344 e. The number of hydrogen-bond acceptors (Lipinski definition) is 6. The monoisotopic (exact) mass is 721 g/mol. The van der Waals surface area contributed by atoms with Crippen LogP contribution in [0.25, 0.3) is 0 Å². The molecule has 9 heteroatoms. The van der Waals surface area contributed by atoms with Gasteiger partial charge in [-0.25, -0.2) is 16.8 Å². The molecule has 0 amide bonds. The highest BCUT2D eigenvalue weighted by Gasteiger charge is 2.45. The first-order chi connectivity index (χ1) is 23.3. The number of carbonyl (C=O) groups is 1. The summed E-state index contributed by atoms with van der Waals surface area (Å²) in [7, 11) is -6.15. The SMILES string of the molecule is CC(=O)CCCCCC1(C)/C(=C/C=C/C=C/C2=[N+](CCCS(C)(=O)=O)c3ccc(C)cc3C2(C)C)N(CCCS(C)(=O)=O)c2ccc(C)cc21. The number of aryl methyl sites for hydroxylation is 2. The van der Waals surface area contributed by atoms with Crippen molar-refractivity contribution in [1.29, 1.82) is 0 Å². The third-order valence-corrected chi connectivity index (χ3v) is 12.2. The van der Waals surface area contributed by atoms with E-state index in [0.29, 0.717) is 32.4 Å². The number of anilines is 1. The van der Waals surface area contributed by atoms with Crippen molar-refractivity contribution in [2.75, 3.05) is 42.0 Å². The molecule has 0 saturated heterocycles. The van der Waals surface area contributed by atoms with Crippen molar-refractivity contribution in [2.24, 2.45) is 0 Å². The topological polar surface area (TPSA) is 91.6 Å². The number of unbranched alkanes of at least 4 members (excludes halogenated alkanes) is 2. The van der Waals surface area contributed by atoms with Crippen molar-refractivity contribution < 1.29 is 26.2 Å². The van der Waals surface area contributed by atoms with Crippen molar-refractivity contribution in [3.63, 3.8) is 0 Å². The van der Waals surface area contributed by atoms with Crippen LogP contribution < -0.4 is 4.90 Å². The lowest BCUT2D eigenvalue weighted by Crippen LogP contribution is -2.30. The van der Waals surface area contributed by atoms with Gasteiger partial charge in [-0.2, -0.15) is 4.58 Å². The van der Waals surface area contributed by atoms with Crippen molar-refractivity contribution in [3.8, 4) is 0 Å². The van der Waals surface area contributed by atoms with E-state index in [9.17, 15) is 21.6 Å². The summed E-state index contributed by atoms with van der Waals surface area (Å²) in [6, 6.07) is 13.1. The Balaban J connectivity index is 1.68. The molecule has 7 nitrogen and oxygen atoms in total. The number of allylic oxidation sites excluding steroid dienone is 6. The third kappa shape index (κ3) is 9.72. The Morgan fingerprint density at radius 2 is 1.44 bits per heavy atom. The van der Waals surface area contributed by atoms with Crippen LogP contribution in [0.2, 0.25) is 0 Å². The predicted octanol–water partition coefficient (Wildman–Crippen LogP) is 7.86. The smallest absolute Gasteiger partial charge is 0.209 e. The molecular weight excluding hydrogens is 665 g/mol. The summed E-state index contributed by atoms with van der Waals surface area (Å²) in [4.78, 5) is 13.9. The van der Waals surface area contributed by atoms with Crippen LogP contribution in [0.4, 0.5) is 11.4 Å². The number of nitrogens with zero attached hydrogens (tertiary/aromatic N) is 2. The second kappa shape index (κ2) is 15.9. The molecule has 1 unspecified atom stereocenters. The van der Waals surface area contributed by atoms with Crippen LogP contribution in [-0.2, 0) is 35.3 Å². The fourth-order valence-corrected chi connectivity index (χ4v) is 8.86. The Bertz CT molecular complexity index is 1930. The van der Waals surface area contributed by atoms with Gasteiger partial charge in [-0.15, -0.1) is 0 Å². The summed E-state index contributed by atoms with van der Waals surface area (Å²) in [5, 5.41) is 0. The summed E-state index contributed by atoms with van der Waals surface area (Å²) in [5.74, 6) is 0.507. The molecule has 0 aliphatic carbocycles. The van der Waals surface area contributed by atoms with Crippen LogP contribution in [-0.4, -0.2) is 70.0 Å². The highest BCUT2D eigenvalue weighted by Crippen LogP contribution is 2.51. The van der Waals surface area contributed by atoms with Crippen LogP contribution in [0.5, 0.6) is 0 Å². The number of hydrogen-bond donors (Lipinski definition) is 0. The molecule has 2 aromatic carbocycles. The zero-order chi connectivity index (χ0) is 36.9. The maximum absolute atomic E-state index is 12.1. The van der Waals surface area contributed by atoms with E-state index < -0.39 is 19.7 Å². The molecule has 0 bridgehead atoms. The second-order valence-corrected chi connectivity index (χ2v) is 19.7. The molecule has 0 N–H and O–H groups in total. The molecule has 2 heterocycles. The summed E-state index contributed by atoms with van der Waals surface area (Å²) in [6.45, 7) is 13.8. The molecule has 0 radical (unpaired) electrons. The Morgan fingerprint density at radius 3 is 2.10 bits per heavy atom. The first-order valence-corrected chi connectivity index (χ1v) is 22.0. The molecule has 4 rings (SSSR count). The van der Waals surface area contributed by atoms with E-state index in [1.54, 1.807) is 6.92 Å². The molecule has 272 valence electrons. The second-order valence-electron chi connectivity index (χ2n) is 15.2. The molecule has 2 aromatic rings. The first-order valence-electron chi connectivity index (χ1n) is 17.9. The maximum Gasteiger partial charge on any atom is 0.209 e. The summed E-state index contributed by atoms with van der Waals surface area (Å²) in [5.41, 5.74) is 8.91. The van der Waals surface area contributed by atoms with Gasteiger partial charge in [-0.1, -0.05) is 60.4 Å². The van der Waals surface area contributed by atoms with Gasteiger partial charge in [0.15, 0.2) is 5.71 Å². The maximum atomic E-state index is 12.1. The van der Waals surface area contributed by atoms with Crippen LogP contribution >= 0.6 is 0 Å². The quantitative estimate of drug-likeness (QED) is 0.0939. The summed E-state index contributed by atoms with van der Waals surface area (Å²) >= 11 is 0. The minimum atomic E-state index is -3.09. The van der Waals surface area contributed by atoms with Gasteiger partial charge >= 0.3 is 0 Å². The van der Waals surface area contributed by atoms with Crippen molar-refractivity contribution in [1.82, 2.24) is 0 Å². The van der Waals surface area contributed by atoms with Gasteiger partial charge in [0.2, 0.25) is 5.69 Å².